The number of sulfonamides is 1. The van der Waals surface area contributed by atoms with Crippen LogP contribution in [0.5, 0.6) is 0 Å². The van der Waals surface area contributed by atoms with Gasteiger partial charge in [0.05, 0.1) is 11.9 Å². The van der Waals surface area contributed by atoms with Crippen LogP contribution >= 0.6 is 0 Å². The lowest BCUT2D eigenvalue weighted by Crippen LogP contribution is -2.34. The summed E-state index contributed by atoms with van der Waals surface area (Å²) in [5.74, 6) is 0.156. The number of hydrogen-bond acceptors (Lipinski definition) is 4. The zero-order chi connectivity index (χ0) is 12.6. The van der Waals surface area contributed by atoms with E-state index in [1.54, 1.807) is 7.11 Å². The number of hydrogen-bond donors (Lipinski definition) is 2. The Labute approximate surface area is 99.0 Å². The van der Waals surface area contributed by atoms with Gasteiger partial charge in [-0.1, -0.05) is 13.8 Å². The molecule has 2 N–H and O–H groups in total. The lowest BCUT2D eigenvalue weighted by Gasteiger charge is -2.12. The molecule has 0 fully saturated rings. The Hall–Kier alpha value is -0.170. The molecule has 1 atom stereocenters. The van der Waals surface area contributed by atoms with E-state index in [0.717, 1.165) is 6.54 Å². The van der Waals surface area contributed by atoms with Gasteiger partial charge in [0.1, 0.15) is 0 Å². The Balaban J connectivity index is 3.71. The Morgan fingerprint density at radius 1 is 1.25 bits per heavy atom. The van der Waals surface area contributed by atoms with Crippen LogP contribution in [0.2, 0.25) is 0 Å². The molecule has 16 heavy (non-hydrogen) atoms. The monoisotopic (exact) mass is 252 g/mol. The molecular weight excluding hydrogens is 228 g/mol. The molecule has 0 rings (SSSR count). The van der Waals surface area contributed by atoms with E-state index < -0.39 is 10.0 Å². The molecule has 0 aromatic rings. The quantitative estimate of drug-likeness (QED) is 0.580. The Kier molecular flexibility index (Phi) is 7.91. The zero-order valence-corrected chi connectivity index (χ0v) is 11.4. The molecule has 0 aliphatic carbocycles. The summed E-state index contributed by atoms with van der Waals surface area (Å²) in [5, 5.41) is 3.18. The van der Waals surface area contributed by atoms with Gasteiger partial charge >= 0.3 is 0 Å². The molecule has 0 aromatic carbocycles. The zero-order valence-electron chi connectivity index (χ0n) is 10.6. The minimum atomic E-state index is -3.15. The third-order valence-corrected chi connectivity index (χ3v) is 3.57. The summed E-state index contributed by atoms with van der Waals surface area (Å²) in [6.45, 7) is 6.94. The van der Waals surface area contributed by atoms with Crippen molar-refractivity contribution in [2.45, 2.75) is 39.3 Å². The molecule has 1 unspecified atom stereocenters. The average Bonchev–Trinajstić information content (AvgIpc) is 2.21. The van der Waals surface area contributed by atoms with Gasteiger partial charge < -0.3 is 10.1 Å². The largest absolute Gasteiger partial charge is 0.380 e. The third kappa shape index (κ3) is 9.08. The van der Waals surface area contributed by atoms with Crippen LogP contribution in [0.3, 0.4) is 0 Å². The summed E-state index contributed by atoms with van der Waals surface area (Å²) in [4.78, 5) is 0. The van der Waals surface area contributed by atoms with Crippen LogP contribution in [0.25, 0.3) is 0 Å². The molecule has 0 bridgehead atoms. The lowest BCUT2D eigenvalue weighted by molar-refractivity contribution is 0.122. The molecule has 0 aliphatic rings. The molecule has 0 amide bonds. The van der Waals surface area contributed by atoms with Gasteiger partial charge in [-0.2, -0.15) is 0 Å². The van der Waals surface area contributed by atoms with Gasteiger partial charge in [0, 0.05) is 19.7 Å². The van der Waals surface area contributed by atoms with Crippen molar-refractivity contribution in [3.05, 3.63) is 0 Å². The second kappa shape index (κ2) is 8.00. The highest BCUT2D eigenvalue weighted by Crippen LogP contribution is 1.92. The van der Waals surface area contributed by atoms with Gasteiger partial charge in [0.2, 0.25) is 10.0 Å². The van der Waals surface area contributed by atoms with Crippen LogP contribution in [-0.2, 0) is 14.8 Å². The normalized spacial score (nSPS) is 14.3. The first-order valence-electron chi connectivity index (χ1n) is 5.61. The molecule has 0 aromatic heterocycles. The predicted molar refractivity (Wildman–Crippen MR) is 66.0 cm³/mol. The van der Waals surface area contributed by atoms with Gasteiger partial charge in [0.25, 0.3) is 0 Å². The average molecular weight is 252 g/mol. The molecule has 0 spiro atoms. The highest BCUT2D eigenvalue weighted by Gasteiger charge is 2.11. The van der Waals surface area contributed by atoms with Crippen molar-refractivity contribution in [3.63, 3.8) is 0 Å². The van der Waals surface area contributed by atoms with Gasteiger partial charge in [0.15, 0.2) is 0 Å². The van der Waals surface area contributed by atoms with E-state index >= 15 is 0 Å². The van der Waals surface area contributed by atoms with E-state index in [2.05, 4.69) is 10.0 Å². The Morgan fingerprint density at radius 2 is 1.88 bits per heavy atom. The van der Waals surface area contributed by atoms with Crippen molar-refractivity contribution >= 4 is 10.0 Å². The number of methoxy groups -OCH3 is 1. The van der Waals surface area contributed by atoms with Crippen LogP contribution in [0, 0.1) is 0 Å². The summed E-state index contributed by atoms with van der Waals surface area (Å²) >= 11 is 0. The minimum Gasteiger partial charge on any atom is -0.380 e. The fraction of sp³-hybridized carbons (Fsp3) is 1.00. The molecule has 98 valence electrons. The van der Waals surface area contributed by atoms with E-state index in [1.807, 2.05) is 20.8 Å². The summed E-state index contributed by atoms with van der Waals surface area (Å²) < 4.78 is 30.5. The topological polar surface area (TPSA) is 67.4 Å². The maximum Gasteiger partial charge on any atom is 0.211 e. The summed E-state index contributed by atoms with van der Waals surface area (Å²) in [5.41, 5.74) is 0. The molecule has 0 heterocycles. The van der Waals surface area contributed by atoms with Crippen molar-refractivity contribution in [2.24, 2.45) is 0 Å². The second-order valence-corrected chi connectivity index (χ2v) is 6.10. The standard InChI is InChI=1S/C10H24N2O3S/c1-9(2)11-6-5-7-16(13,14)12-8-10(3)15-4/h9-12H,5-8H2,1-4H3. The van der Waals surface area contributed by atoms with Crippen molar-refractivity contribution in [2.75, 3.05) is 26.0 Å². The van der Waals surface area contributed by atoms with Gasteiger partial charge in [-0.15, -0.1) is 0 Å². The van der Waals surface area contributed by atoms with E-state index in [-0.39, 0.29) is 11.9 Å². The van der Waals surface area contributed by atoms with Crippen LogP contribution in [0.4, 0.5) is 0 Å². The van der Waals surface area contributed by atoms with Crippen molar-refractivity contribution in [3.8, 4) is 0 Å². The molecule has 0 aliphatic heterocycles. The van der Waals surface area contributed by atoms with Gasteiger partial charge in [-0.25, -0.2) is 13.1 Å². The van der Waals surface area contributed by atoms with Crippen molar-refractivity contribution in [1.29, 1.82) is 0 Å². The third-order valence-electron chi connectivity index (χ3n) is 2.14. The highest BCUT2D eigenvalue weighted by atomic mass is 32.2. The molecule has 0 saturated carbocycles. The van der Waals surface area contributed by atoms with Crippen LogP contribution in [0.1, 0.15) is 27.2 Å². The number of ether oxygens (including phenoxy) is 1. The smallest absolute Gasteiger partial charge is 0.211 e. The SMILES string of the molecule is COC(C)CNS(=O)(=O)CCCNC(C)C. The van der Waals surface area contributed by atoms with Crippen LogP contribution in [-0.4, -0.2) is 46.5 Å². The van der Waals surface area contributed by atoms with E-state index in [0.29, 0.717) is 19.0 Å². The molecule has 0 radical (unpaired) electrons. The highest BCUT2D eigenvalue weighted by molar-refractivity contribution is 7.89. The number of nitrogens with one attached hydrogen (secondary N) is 2. The molecule has 5 nitrogen and oxygen atoms in total. The first-order valence-corrected chi connectivity index (χ1v) is 7.26. The van der Waals surface area contributed by atoms with Crippen LogP contribution in [0.15, 0.2) is 0 Å². The summed E-state index contributed by atoms with van der Waals surface area (Å²) in [6, 6.07) is 0.393. The van der Waals surface area contributed by atoms with E-state index in [1.165, 1.54) is 0 Å². The Morgan fingerprint density at radius 3 is 2.38 bits per heavy atom. The first kappa shape index (κ1) is 15.8. The van der Waals surface area contributed by atoms with Crippen molar-refractivity contribution in [1.82, 2.24) is 10.0 Å². The molecule has 0 saturated heterocycles. The van der Waals surface area contributed by atoms with Gasteiger partial charge in [-0.05, 0) is 19.9 Å². The van der Waals surface area contributed by atoms with E-state index in [4.69, 9.17) is 4.74 Å². The minimum absolute atomic E-state index is 0.0939. The van der Waals surface area contributed by atoms with Crippen LogP contribution < -0.4 is 10.0 Å². The molecular formula is C10H24N2O3S. The first-order chi connectivity index (χ1) is 7.37. The molecule has 6 heteroatoms. The fourth-order valence-electron chi connectivity index (χ4n) is 1.05. The van der Waals surface area contributed by atoms with Gasteiger partial charge in [-0.3, -0.25) is 0 Å². The Bertz CT molecular complexity index is 265. The van der Waals surface area contributed by atoms with E-state index in [9.17, 15) is 8.42 Å². The fourth-order valence-corrected chi connectivity index (χ4v) is 2.21. The maximum absolute atomic E-state index is 11.5. The summed E-state index contributed by atoms with van der Waals surface area (Å²) in [6.07, 6.45) is 0.526. The lowest BCUT2D eigenvalue weighted by atomic mass is 10.4. The second-order valence-electron chi connectivity index (χ2n) is 4.18. The van der Waals surface area contributed by atoms with Crippen molar-refractivity contribution < 1.29 is 13.2 Å². The predicted octanol–water partition coefficient (Wildman–Crippen LogP) is 0.329. The maximum atomic E-state index is 11.5. The number of rotatable bonds is 9. The summed E-state index contributed by atoms with van der Waals surface area (Å²) in [7, 11) is -1.59.